The summed E-state index contributed by atoms with van der Waals surface area (Å²) in [4.78, 5) is 51.0. The maximum atomic E-state index is 13.4. The molecule has 1 heterocycles. The lowest BCUT2D eigenvalue weighted by Crippen LogP contribution is -2.56. The van der Waals surface area contributed by atoms with Crippen LogP contribution in [-0.2, 0) is 32.1 Å². The van der Waals surface area contributed by atoms with Crippen LogP contribution in [-0.4, -0.2) is 52.8 Å². The fourth-order valence-electron chi connectivity index (χ4n) is 4.13. The molecular weight excluding hydrogens is 436 g/mol. The van der Waals surface area contributed by atoms with Gasteiger partial charge in [-0.15, -0.1) is 0 Å². The van der Waals surface area contributed by atoms with Gasteiger partial charge in [0.1, 0.15) is 12.3 Å². The van der Waals surface area contributed by atoms with Gasteiger partial charge in [-0.1, -0.05) is 42.5 Å². The Kier molecular flexibility index (Phi) is 7.25. The Morgan fingerprint density at radius 1 is 1.00 bits per heavy atom. The summed E-state index contributed by atoms with van der Waals surface area (Å²) in [6.07, 6.45) is 2.91. The van der Waals surface area contributed by atoms with Gasteiger partial charge in [-0.25, -0.2) is 0 Å². The molecule has 1 aliphatic carbocycles. The van der Waals surface area contributed by atoms with Crippen LogP contribution in [0, 0.1) is 11.8 Å². The maximum absolute atomic E-state index is 13.4. The molecule has 0 spiro atoms. The van der Waals surface area contributed by atoms with Crippen LogP contribution in [0.5, 0.6) is 5.75 Å². The summed E-state index contributed by atoms with van der Waals surface area (Å²) in [5.74, 6) is -3.33. The first-order valence-electron chi connectivity index (χ1n) is 11.5. The number of carboxylic acid groups (broad SMARTS) is 1. The van der Waals surface area contributed by atoms with Crippen molar-refractivity contribution in [2.45, 2.75) is 38.3 Å². The molecule has 0 radical (unpaired) electrons. The lowest BCUT2D eigenvalue weighted by Gasteiger charge is -2.38. The van der Waals surface area contributed by atoms with Crippen LogP contribution in [0.1, 0.15) is 30.4 Å². The van der Waals surface area contributed by atoms with Gasteiger partial charge in [-0.05, 0) is 48.4 Å². The fraction of sp³-hybridized carbons (Fsp3) is 0.385. The standard InChI is InChI=1S/C26H28N2O6/c29-22-13-20(12-17-4-2-1-3-5-17)28(26(33)24(22)25(32)27-14-23(30)31)15-18-8-10-21(11-9-18)34-16-19-6-7-19/h1-5,8-11,19-20,24H,6-7,12-16H2,(H,27,32)(H,30,31)/t20-,24?/m1/s1. The van der Waals surface area contributed by atoms with Crippen molar-refractivity contribution in [2.75, 3.05) is 13.2 Å². The highest BCUT2D eigenvalue weighted by Crippen LogP contribution is 2.30. The Balaban J connectivity index is 1.51. The Morgan fingerprint density at radius 3 is 2.35 bits per heavy atom. The molecule has 4 rings (SSSR count). The van der Waals surface area contributed by atoms with E-state index in [1.807, 2.05) is 54.6 Å². The molecule has 1 unspecified atom stereocenters. The first kappa shape index (κ1) is 23.5. The summed E-state index contributed by atoms with van der Waals surface area (Å²) in [6.45, 7) is 0.291. The second-order valence-corrected chi connectivity index (χ2v) is 8.92. The quantitative estimate of drug-likeness (QED) is 0.522. The van der Waals surface area contributed by atoms with E-state index in [0.717, 1.165) is 16.9 Å². The van der Waals surface area contributed by atoms with Gasteiger partial charge in [-0.3, -0.25) is 19.2 Å². The average Bonchev–Trinajstić information content (AvgIpc) is 3.65. The predicted octanol–water partition coefficient (Wildman–Crippen LogP) is 2.21. The van der Waals surface area contributed by atoms with Crippen molar-refractivity contribution >= 4 is 23.6 Å². The molecule has 1 aliphatic heterocycles. The van der Waals surface area contributed by atoms with E-state index in [1.165, 1.54) is 12.8 Å². The number of Topliss-reactive ketones (excluding diaryl/α,β-unsaturated/α-hetero) is 1. The van der Waals surface area contributed by atoms with Crippen molar-refractivity contribution in [1.82, 2.24) is 10.2 Å². The van der Waals surface area contributed by atoms with Gasteiger partial charge >= 0.3 is 5.97 Å². The smallest absolute Gasteiger partial charge is 0.322 e. The van der Waals surface area contributed by atoms with Crippen LogP contribution in [0.15, 0.2) is 54.6 Å². The molecule has 2 N–H and O–H groups in total. The lowest BCUT2D eigenvalue weighted by atomic mass is 9.86. The van der Waals surface area contributed by atoms with Crippen LogP contribution in [0.3, 0.4) is 0 Å². The maximum Gasteiger partial charge on any atom is 0.322 e. The molecule has 1 saturated heterocycles. The topological polar surface area (TPSA) is 113 Å². The number of aliphatic carboxylic acids is 1. The highest BCUT2D eigenvalue weighted by atomic mass is 16.5. The van der Waals surface area contributed by atoms with E-state index in [0.29, 0.717) is 18.9 Å². The molecule has 2 atom stereocenters. The minimum Gasteiger partial charge on any atom is -0.493 e. The van der Waals surface area contributed by atoms with Crippen molar-refractivity contribution < 1.29 is 29.0 Å². The van der Waals surface area contributed by atoms with Crippen LogP contribution in [0.25, 0.3) is 0 Å². The highest BCUT2D eigenvalue weighted by Gasteiger charge is 2.45. The zero-order chi connectivity index (χ0) is 24.1. The summed E-state index contributed by atoms with van der Waals surface area (Å²) in [5.41, 5.74) is 1.83. The van der Waals surface area contributed by atoms with Gasteiger partial charge in [0.05, 0.1) is 6.61 Å². The van der Waals surface area contributed by atoms with Gasteiger partial charge in [0.2, 0.25) is 11.8 Å². The van der Waals surface area contributed by atoms with Crippen LogP contribution in [0.4, 0.5) is 0 Å². The molecular formula is C26H28N2O6. The van der Waals surface area contributed by atoms with E-state index >= 15 is 0 Å². The summed E-state index contributed by atoms with van der Waals surface area (Å²) >= 11 is 0. The minimum atomic E-state index is -1.53. The zero-order valence-corrected chi connectivity index (χ0v) is 18.8. The number of piperidine rings is 1. The van der Waals surface area contributed by atoms with Crippen molar-refractivity contribution in [1.29, 1.82) is 0 Å². The summed E-state index contributed by atoms with van der Waals surface area (Å²) in [5, 5.41) is 11.0. The first-order valence-corrected chi connectivity index (χ1v) is 11.5. The molecule has 2 aromatic rings. The second kappa shape index (κ2) is 10.5. The van der Waals surface area contributed by atoms with E-state index in [9.17, 15) is 19.2 Å². The van der Waals surface area contributed by atoms with Gasteiger partial charge in [0.25, 0.3) is 0 Å². The van der Waals surface area contributed by atoms with E-state index < -0.39 is 42.1 Å². The summed E-state index contributed by atoms with van der Waals surface area (Å²) < 4.78 is 5.78. The van der Waals surface area contributed by atoms with Crippen molar-refractivity contribution in [2.24, 2.45) is 11.8 Å². The molecule has 178 valence electrons. The number of nitrogens with one attached hydrogen (secondary N) is 1. The van der Waals surface area contributed by atoms with Crippen LogP contribution < -0.4 is 10.1 Å². The van der Waals surface area contributed by atoms with E-state index in [1.54, 1.807) is 4.90 Å². The number of ether oxygens (including phenoxy) is 1. The number of nitrogens with zero attached hydrogens (tertiary/aromatic N) is 1. The Labute approximate surface area is 197 Å². The summed E-state index contributed by atoms with van der Waals surface area (Å²) in [6, 6.07) is 16.6. The predicted molar refractivity (Wildman–Crippen MR) is 123 cm³/mol. The number of carbonyl (C=O) groups is 4. The van der Waals surface area contributed by atoms with E-state index in [4.69, 9.17) is 9.84 Å². The van der Waals surface area contributed by atoms with Crippen LogP contribution in [0.2, 0.25) is 0 Å². The Hall–Kier alpha value is -3.68. The zero-order valence-electron chi connectivity index (χ0n) is 18.8. The number of ketones is 1. The Morgan fingerprint density at radius 2 is 1.71 bits per heavy atom. The van der Waals surface area contributed by atoms with Crippen molar-refractivity contribution in [3.05, 3.63) is 65.7 Å². The van der Waals surface area contributed by atoms with Gasteiger partial charge < -0.3 is 20.1 Å². The third kappa shape index (κ3) is 6.01. The third-order valence-electron chi connectivity index (χ3n) is 6.18. The second-order valence-electron chi connectivity index (χ2n) is 8.92. The number of amides is 2. The number of hydrogen-bond acceptors (Lipinski definition) is 5. The number of hydrogen-bond donors (Lipinski definition) is 2. The fourth-order valence-corrected chi connectivity index (χ4v) is 4.13. The molecule has 2 aliphatic rings. The third-order valence-corrected chi connectivity index (χ3v) is 6.18. The first-order chi connectivity index (χ1) is 16.4. The monoisotopic (exact) mass is 464 g/mol. The largest absolute Gasteiger partial charge is 0.493 e. The molecule has 2 aromatic carbocycles. The molecule has 1 saturated carbocycles. The molecule has 8 nitrogen and oxygen atoms in total. The van der Waals surface area contributed by atoms with E-state index in [2.05, 4.69) is 5.32 Å². The molecule has 0 aromatic heterocycles. The number of carbonyl (C=O) groups excluding carboxylic acids is 3. The minimum absolute atomic E-state index is 0.0222. The van der Waals surface area contributed by atoms with Crippen molar-refractivity contribution in [3.8, 4) is 5.75 Å². The van der Waals surface area contributed by atoms with E-state index in [-0.39, 0.29) is 13.0 Å². The number of benzene rings is 2. The van der Waals surface area contributed by atoms with Gasteiger partial charge in [-0.2, -0.15) is 0 Å². The lowest BCUT2D eigenvalue weighted by molar-refractivity contribution is -0.155. The molecule has 2 amide bonds. The SMILES string of the molecule is O=C(O)CNC(=O)C1C(=O)C[C@@H](Cc2ccccc2)N(Cc2ccc(OCC3CC3)cc2)C1=O. The molecule has 8 heteroatoms. The van der Waals surface area contributed by atoms with Gasteiger partial charge in [0, 0.05) is 19.0 Å². The molecule has 34 heavy (non-hydrogen) atoms. The molecule has 2 fully saturated rings. The molecule has 0 bridgehead atoms. The number of likely N-dealkylation sites (tertiary alicyclic amines) is 1. The summed E-state index contributed by atoms with van der Waals surface area (Å²) in [7, 11) is 0. The Bertz CT molecular complexity index is 1050. The van der Waals surface area contributed by atoms with Gasteiger partial charge in [0.15, 0.2) is 11.7 Å². The number of carboxylic acids is 1. The number of rotatable bonds is 10. The average molecular weight is 465 g/mol. The van der Waals surface area contributed by atoms with Crippen LogP contribution >= 0.6 is 0 Å². The highest BCUT2D eigenvalue weighted by molar-refractivity contribution is 6.19. The normalized spacial score (nSPS) is 20.2. The van der Waals surface area contributed by atoms with Crippen molar-refractivity contribution in [3.63, 3.8) is 0 Å².